The van der Waals surface area contributed by atoms with Gasteiger partial charge < -0.3 is 9.88 Å². The Labute approximate surface area is 123 Å². The van der Waals surface area contributed by atoms with Crippen LogP contribution in [-0.4, -0.2) is 17.2 Å². The fourth-order valence-corrected chi connectivity index (χ4v) is 2.63. The van der Waals surface area contributed by atoms with Crippen LogP contribution in [0.3, 0.4) is 0 Å². The van der Waals surface area contributed by atoms with Crippen LogP contribution in [0, 0.1) is 5.92 Å². The average molecular weight is 272 g/mol. The molecule has 1 heterocycles. The normalized spacial score (nSPS) is 13.2. The molecule has 0 aliphatic carbocycles. The van der Waals surface area contributed by atoms with E-state index in [0.717, 1.165) is 25.4 Å². The van der Waals surface area contributed by atoms with Gasteiger partial charge >= 0.3 is 0 Å². The second-order valence-corrected chi connectivity index (χ2v) is 6.20. The molecule has 2 aromatic rings. The van der Waals surface area contributed by atoms with Crippen molar-refractivity contribution in [3.63, 3.8) is 0 Å². The van der Waals surface area contributed by atoms with Crippen LogP contribution in [-0.2, 0) is 13.0 Å². The standard InChI is InChI=1S/C18H28N2/c1-5-15(4)12-20-13-16(10-11-19-14(2)3)17-8-6-7-9-18(17)20/h6-9,13-15,19H,5,10-12H2,1-4H3. The summed E-state index contributed by atoms with van der Waals surface area (Å²) in [5, 5.41) is 4.93. The first-order chi connectivity index (χ1) is 9.61. The predicted molar refractivity (Wildman–Crippen MR) is 88.2 cm³/mol. The van der Waals surface area contributed by atoms with E-state index in [1.54, 1.807) is 0 Å². The lowest BCUT2D eigenvalue weighted by Crippen LogP contribution is -2.24. The summed E-state index contributed by atoms with van der Waals surface area (Å²) in [6.07, 6.45) is 4.70. The number of aromatic nitrogens is 1. The lowest BCUT2D eigenvalue weighted by atomic mass is 10.1. The number of nitrogens with one attached hydrogen (secondary N) is 1. The van der Waals surface area contributed by atoms with Crippen LogP contribution >= 0.6 is 0 Å². The van der Waals surface area contributed by atoms with Crippen LogP contribution in [0.4, 0.5) is 0 Å². The van der Waals surface area contributed by atoms with E-state index in [0.29, 0.717) is 6.04 Å². The Morgan fingerprint density at radius 1 is 1.15 bits per heavy atom. The Morgan fingerprint density at radius 3 is 2.60 bits per heavy atom. The fourth-order valence-electron chi connectivity index (χ4n) is 2.63. The molecule has 110 valence electrons. The molecule has 0 aliphatic rings. The van der Waals surface area contributed by atoms with E-state index in [1.807, 2.05) is 0 Å². The van der Waals surface area contributed by atoms with Crippen molar-refractivity contribution in [2.24, 2.45) is 5.92 Å². The van der Waals surface area contributed by atoms with Crippen LogP contribution < -0.4 is 5.32 Å². The van der Waals surface area contributed by atoms with Gasteiger partial charge in [-0.25, -0.2) is 0 Å². The highest BCUT2D eigenvalue weighted by atomic mass is 15.0. The van der Waals surface area contributed by atoms with Gasteiger partial charge in [-0.1, -0.05) is 52.3 Å². The summed E-state index contributed by atoms with van der Waals surface area (Å²) in [5.41, 5.74) is 2.85. The number of fused-ring (bicyclic) bond motifs is 1. The van der Waals surface area contributed by atoms with Crippen molar-refractivity contribution < 1.29 is 0 Å². The van der Waals surface area contributed by atoms with Crippen LogP contribution in [0.15, 0.2) is 30.5 Å². The van der Waals surface area contributed by atoms with Gasteiger partial charge in [-0.2, -0.15) is 0 Å². The van der Waals surface area contributed by atoms with Crippen molar-refractivity contribution >= 4 is 10.9 Å². The molecule has 0 saturated carbocycles. The SMILES string of the molecule is CCC(C)Cn1cc(CCNC(C)C)c2ccccc21. The van der Waals surface area contributed by atoms with Crippen LogP contribution in [0.5, 0.6) is 0 Å². The van der Waals surface area contributed by atoms with Gasteiger partial charge in [-0.3, -0.25) is 0 Å². The highest BCUT2D eigenvalue weighted by Crippen LogP contribution is 2.23. The molecule has 0 saturated heterocycles. The van der Waals surface area contributed by atoms with E-state index in [-0.39, 0.29) is 0 Å². The minimum Gasteiger partial charge on any atom is -0.347 e. The van der Waals surface area contributed by atoms with E-state index >= 15 is 0 Å². The summed E-state index contributed by atoms with van der Waals surface area (Å²) >= 11 is 0. The maximum Gasteiger partial charge on any atom is 0.0483 e. The second kappa shape index (κ2) is 6.94. The Morgan fingerprint density at radius 2 is 1.90 bits per heavy atom. The maximum atomic E-state index is 3.51. The zero-order valence-corrected chi connectivity index (χ0v) is 13.3. The molecule has 2 heteroatoms. The van der Waals surface area contributed by atoms with Crippen LogP contribution in [0.2, 0.25) is 0 Å². The van der Waals surface area contributed by atoms with E-state index < -0.39 is 0 Å². The van der Waals surface area contributed by atoms with Gasteiger partial charge in [0.15, 0.2) is 0 Å². The van der Waals surface area contributed by atoms with E-state index in [1.165, 1.54) is 22.9 Å². The molecule has 0 aliphatic heterocycles. The monoisotopic (exact) mass is 272 g/mol. The molecule has 0 fully saturated rings. The zero-order valence-electron chi connectivity index (χ0n) is 13.3. The summed E-state index contributed by atoms with van der Waals surface area (Å²) in [7, 11) is 0. The minimum atomic E-state index is 0.559. The summed E-state index contributed by atoms with van der Waals surface area (Å²) in [6, 6.07) is 9.36. The van der Waals surface area contributed by atoms with Gasteiger partial charge in [0.1, 0.15) is 0 Å². The van der Waals surface area contributed by atoms with Crippen molar-refractivity contribution in [2.75, 3.05) is 6.54 Å². The molecule has 0 spiro atoms. The molecule has 0 amide bonds. The number of rotatable bonds is 7. The Hall–Kier alpha value is -1.28. The molecule has 0 bridgehead atoms. The number of para-hydroxylation sites is 1. The number of nitrogens with zero attached hydrogens (tertiary/aromatic N) is 1. The quantitative estimate of drug-likeness (QED) is 0.798. The van der Waals surface area contributed by atoms with E-state index in [2.05, 4.69) is 68.0 Å². The third kappa shape index (κ3) is 3.63. The third-order valence-electron chi connectivity index (χ3n) is 4.02. The van der Waals surface area contributed by atoms with Gasteiger partial charge in [0.25, 0.3) is 0 Å². The van der Waals surface area contributed by atoms with Gasteiger partial charge in [0.2, 0.25) is 0 Å². The Bertz CT molecular complexity index is 539. The molecule has 20 heavy (non-hydrogen) atoms. The lowest BCUT2D eigenvalue weighted by molar-refractivity contribution is 0.477. The molecule has 1 aromatic carbocycles. The lowest BCUT2D eigenvalue weighted by Gasteiger charge is -2.10. The largest absolute Gasteiger partial charge is 0.347 e. The van der Waals surface area contributed by atoms with Crippen molar-refractivity contribution in [1.29, 1.82) is 0 Å². The molecule has 1 unspecified atom stereocenters. The summed E-state index contributed by atoms with van der Waals surface area (Å²) in [5.74, 6) is 0.729. The Balaban J connectivity index is 2.21. The highest BCUT2D eigenvalue weighted by Gasteiger charge is 2.09. The van der Waals surface area contributed by atoms with Gasteiger partial charge in [-0.15, -0.1) is 0 Å². The van der Waals surface area contributed by atoms with Crippen molar-refractivity contribution in [3.05, 3.63) is 36.0 Å². The second-order valence-electron chi connectivity index (χ2n) is 6.20. The minimum absolute atomic E-state index is 0.559. The smallest absolute Gasteiger partial charge is 0.0483 e. The van der Waals surface area contributed by atoms with E-state index in [9.17, 15) is 0 Å². The number of hydrogen-bond donors (Lipinski definition) is 1. The molecule has 1 aromatic heterocycles. The zero-order chi connectivity index (χ0) is 14.5. The van der Waals surface area contributed by atoms with Gasteiger partial charge in [0, 0.05) is 29.7 Å². The van der Waals surface area contributed by atoms with Gasteiger partial charge in [0.05, 0.1) is 0 Å². The predicted octanol–water partition coefficient (Wildman–Crippen LogP) is 4.23. The first-order valence-corrected chi connectivity index (χ1v) is 7.92. The summed E-state index contributed by atoms with van der Waals surface area (Å²) in [4.78, 5) is 0. The molecule has 1 N–H and O–H groups in total. The Kier molecular flexibility index (Phi) is 5.24. The van der Waals surface area contributed by atoms with Crippen molar-refractivity contribution in [1.82, 2.24) is 9.88 Å². The van der Waals surface area contributed by atoms with Crippen LogP contribution in [0.1, 0.15) is 39.7 Å². The van der Waals surface area contributed by atoms with Crippen molar-refractivity contribution in [2.45, 2.75) is 53.1 Å². The number of benzene rings is 1. The maximum absolute atomic E-state index is 3.51. The first kappa shape index (κ1) is 15.1. The summed E-state index contributed by atoms with van der Waals surface area (Å²) < 4.78 is 2.44. The topological polar surface area (TPSA) is 17.0 Å². The van der Waals surface area contributed by atoms with E-state index in [4.69, 9.17) is 0 Å². The average Bonchev–Trinajstić information content (AvgIpc) is 2.77. The first-order valence-electron chi connectivity index (χ1n) is 7.92. The molecule has 1 atom stereocenters. The fraction of sp³-hybridized carbons (Fsp3) is 0.556. The third-order valence-corrected chi connectivity index (χ3v) is 4.02. The molecule has 2 nitrogen and oxygen atoms in total. The highest BCUT2D eigenvalue weighted by molar-refractivity contribution is 5.84. The van der Waals surface area contributed by atoms with Crippen LogP contribution in [0.25, 0.3) is 10.9 Å². The molecule has 0 radical (unpaired) electrons. The van der Waals surface area contributed by atoms with Crippen molar-refractivity contribution in [3.8, 4) is 0 Å². The molecule has 2 rings (SSSR count). The summed E-state index contributed by atoms with van der Waals surface area (Å²) in [6.45, 7) is 11.2. The molecular weight excluding hydrogens is 244 g/mol. The molecular formula is C18H28N2. The number of hydrogen-bond acceptors (Lipinski definition) is 1. The van der Waals surface area contributed by atoms with Gasteiger partial charge in [-0.05, 0) is 30.5 Å².